The Kier molecular flexibility index (Phi) is 2.92. The third-order valence-corrected chi connectivity index (χ3v) is 4.34. The van der Waals surface area contributed by atoms with Gasteiger partial charge in [0.15, 0.2) is 0 Å². The van der Waals surface area contributed by atoms with Gasteiger partial charge in [-0.3, -0.25) is 0 Å². The highest BCUT2D eigenvalue weighted by atomic mass is 32.1. The molecule has 1 unspecified atom stereocenters. The van der Waals surface area contributed by atoms with Gasteiger partial charge < -0.3 is 9.84 Å². The summed E-state index contributed by atoms with van der Waals surface area (Å²) < 4.78 is 32.6. The van der Waals surface area contributed by atoms with Gasteiger partial charge in [-0.15, -0.1) is 11.3 Å². The van der Waals surface area contributed by atoms with E-state index in [1.54, 1.807) is 12.1 Å². The van der Waals surface area contributed by atoms with Gasteiger partial charge in [-0.05, 0) is 42.2 Å². The molecule has 1 N–H and O–H groups in total. The fourth-order valence-corrected chi connectivity index (χ4v) is 3.00. The molecule has 2 nitrogen and oxygen atoms in total. The summed E-state index contributed by atoms with van der Waals surface area (Å²) in [5.74, 6) is 0.00699. The summed E-state index contributed by atoms with van der Waals surface area (Å²) in [7, 11) is 0. The van der Waals surface area contributed by atoms with Gasteiger partial charge in [-0.1, -0.05) is 18.2 Å². The van der Waals surface area contributed by atoms with E-state index in [0.717, 1.165) is 16.5 Å². The molecule has 0 radical (unpaired) electrons. The number of aliphatic hydroxyl groups is 1. The molecule has 0 saturated carbocycles. The summed E-state index contributed by atoms with van der Waals surface area (Å²) >= 11 is 1.43. The van der Waals surface area contributed by atoms with E-state index in [1.165, 1.54) is 29.5 Å². The van der Waals surface area contributed by atoms with Gasteiger partial charge in [0.05, 0.1) is 0 Å². The predicted molar refractivity (Wildman–Crippen MR) is 74.0 cm³/mol. The summed E-state index contributed by atoms with van der Waals surface area (Å²) in [6.45, 7) is 1.89. The van der Waals surface area contributed by atoms with Gasteiger partial charge >= 0.3 is 6.11 Å². The van der Waals surface area contributed by atoms with Crippen LogP contribution in [0, 0.1) is 6.92 Å². The maximum Gasteiger partial charge on any atom is 0.435 e. The van der Waals surface area contributed by atoms with E-state index >= 15 is 0 Å². The van der Waals surface area contributed by atoms with Crippen molar-refractivity contribution in [2.24, 2.45) is 0 Å². The van der Waals surface area contributed by atoms with E-state index in [2.05, 4.69) is 4.74 Å². The smallest absolute Gasteiger partial charge is 0.429 e. The van der Waals surface area contributed by atoms with Crippen molar-refractivity contribution in [1.29, 1.82) is 0 Å². The van der Waals surface area contributed by atoms with E-state index in [-0.39, 0.29) is 11.3 Å². The van der Waals surface area contributed by atoms with Crippen LogP contribution in [0.4, 0.5) is 8.78 Å². The minimum Gasteiger partial charge on any atom is -0.429 e. The normalized spacial score (nSPS) is 23.8. The molecule has 0 bridgehead atoms. The monoisotopic (exact) mass is 294 g/mol. The Balaban J connectivity index is 2.06. The molecule has 0 saturated heterocycles. The number of rotatable bonds is 2. The summed E-state index contributed by atoms with van der Waals surface area (Å²) in [6.07, 6.45) is -1.06. The van der Waals surface area contributed by atoms with Crippen LogP contribution < -0.4 is 4.74 Å². The SMILES string of the molecule is Cc1ccsc1/C=C/C1(O)c2ccccc2OC1(F)F. The van der Waals surface area contributed by atoms with E-state index in [9.17, 15) is 13.9 Å². The van der Waals surface area contributed by atoms with E-state index in [4.69, 9.17) is 0 Å². The lowest BCUT2D eigenvalue weighted by Gasteiger charge is -2.24. The zero-order chi connectivity index (χ0) is 14.4. The van der Waals surface area contributed by atoms with Gasteiger partial charge in [0.2, 0.25) is 5.60 Å². The molecule has 104 valence electrons. The van der Waals surface area contributed by atoms with Crippen LogP contribution in [0.25, 0.3) is 6.08 Å². The average molecular weight is 294 g/mol. The predicted octanol–water partition coefficient (Wildman–Crippen LogP) is 3.94. The van der Waals surface area contributed by atoms with Crippen LogP contribution in [-0.4, -0.2) is 11.2 Å². The molecule has 20 heavy (non-hydrogen) atoms. The summed E-state index contributed by atoms with van der Waals surface area (Å²) in [6, 6.07) is 7.95. The number of benzene rings is 1. The topological polar surface area (TPSA) is 29.5 Å². The maximum atomic E-state index is 14.0. The van der Waals surface area contributed by atoms with Gasteiger partial charge in [-0.25, -0.2) is 0 Å². The van der Waals surface area contributed by atoms with Crippen molar-refractivity contribution >= 4 is 17.4 Å². The molecule has 1 aliphatic rings. The number of fused-ring (bicyclic) bond motifs is 1. The highest BCUT2D eigenvalue weighted by Crippen LogP contribution is 2.50. The van der Waals surface area contributed by atoms with Crippen molar-refractivity contribution in [3.63, 3.8) is 0 Å². The van der Waals surface area contributed by atoms with Gasteiger partial charge in [-0.2, -0.15) is 8.78 Å². The second-order valence-electron chi connectivity index (χ2n) is 4.68. The number of alkyl halides is 2. The summed E-state index contributed by atoms with van der Waals surface area (Å²) in [4.78, 5) is 0.832. The average Bonchev–Trinajstić information content (AvgIpc) is 2.89. The van der Waals surface area contributed by atoms with E-state index in [0.29, 0.717) is 0 Å². The molecule has 0 fully saturated rings. The summed E-state index contributed by atoms with van der Waals surface area (Å²) in [5.41, 5.74) is -1.39. The lowest BCUT2D eigenvalue weighted by atomic mass is 9.93. The highest BCUT2D eigenvalue weighted by molar-refractivity contribution is 7.11. The Morgan fingerprint density at radius 3 is 2.70 bits per heavy atom. The Morgan fingerprint density at radius 2 is 2.00 bits per heavy atom. The molecule has 3 rings (SSSR count). The quantitative estimate of drug-likeness (QED) is 0.909. The number of hydrogen-bond acceptors (Lipinski definition) is 3. The summed E-state index contributed by atoms with van der Waals surface area (Å²) in [5, 5.41) is 12.3. The Labute approximate surface area is 118 Å². The van der Waals surface area contributed by atoms with Crippen LogP contribution in [0.1, 0.15) is 16.0 Å². The highest BCUT2D eigenvalue weighted by Gasteiger charge is 2.61. The first-order chi connectivity index (χ1) is 9.44. The second-order valence-corrected chi connectivity index (χ2v) is 5.63. The van der Waals surface area contributed by atoms with Crippen molar-refractivity contribution in [2.75, 3.05) is 0 Å². The van der Waals surface area contributed by atoms with E-state index < -0.39 is 11.7 Å². The lowest BCUT2D eigenvalue weighted by Crippen LogP contribution is -2.42. The number of thiophene rings is 1. The molecule has 5 heteroatoms. The second kappa shape index (κ2) is 4.40. The molecule has 2 aromatic rings. The zero-order valence-electron chi connectivity index (χ0n) is 10.6. The Hall–Kier alpha value is -1.72. The standard InChI is InChI=1S/C15H12F2O2S/c1-10-7-9-20-13(10)6-8-14(18)11-4-2-3-5-12(11)19-15(14,16)17/h2-9,18H,1H3/b8-6+. The molecule has 0 spiro atoms. The first-order valence-corrected chi connectivity index (χ1v) is 6.94. The molecule has 0 amide bonds. The van der Waals surface area contributed by atoms with Crippen LogP contribution in [0.15, 0.2) is 41.8 Å². The van der Waals surface area contributed by atoms with Gasteiger partial charge in [0, 0.05) is 10.4 Å². The first kappa shape index (κ1) is 13.3. The number of ether oxygens (including phenoxy) is 1. The maximum absolute atomic E-state index is 14.0. The van der Waals surface area contributed by atoms with Crippen LogP contribution in [0.2, 0.25) is 0 Å². The molecule has 2 heterocycles. The van der Waals surface area contributed by atoms with Crippen LogP contribution in [0.3, 0.4) is 0 Å². The van der Waals surface area contributed by atoms with E-state index in [1.807, 2.05) is 18.4 Å². The molecule has 1 aliphatic heterocycles. The van der Waals surface area contributed by atoms with Crippen LogP contribution in [0.5, 0.6) is 5.75 Å². The fraction of sp³-hybridized carbons (Fsp3) is 0.200. The Bertz CT molecular complexity index is 678. The van der Waals surface area contributed by atoms with Gasteiger partial charge in [0.1, 0.15) is 5.75 Å². The third-order valence-electron chi connectivity index (χ3n) is 3.36. The van der Waals surface area contributed by atoms with Crippen molar-refractivity contribution in [1.82, 2.24) is 0 Å². The van der Waals surface area contributed by atoms with Crippen LogP contribution >= 0.6 is 11.3 Å². The zero-order valence-corrected chi connectivity index (χ0v) is 11.5. The number of aryl methyl sites for hydroxylation is 1. The van der Waals surface area contributed by atoms with Crippen LogP contribution in [-0.2, 0) is 5.60 Å². The number of halogens is 2. The minimum absolute atomic E-state index is 0.00699. The largest absolute Gasteiger partial charge is 0.435 e. The van der Waals surface area contributed by atoms with Crippen molar-refractivity contribution in [3.8, 4) is 5.75 Å². The van der Waals surface area contributed by atoms with Crippen molar-refractivity contribution in [2.45, 2.75) is 18.6 Å². The lowest BCUT2D eigenvalue weighted by molar-refractivity contribution is -0.257. The molecular weight excluding hydrogens is 282 g/mol. The van der Waals surface area contributed by atoms with Crippen molar-refractivity contribution in [3.05, 3.63) is 57.8 Å². The fourth-order valence-electron chi connectivity index (χ4n) is 2.18. The molecule has 1 aromatic heterocycles. The number of hydrogen-bond donors (Lipinski definition) is 1. The Morgan fingerprint density at radius 1 is 1.25 bits per heavy atom. The molecule has 0 aliphatic carbocycles. The molecule has 1 aromatic carbocycles. The molecular formula is C15H12F2O2S. The van der Waals surface area contributed by atoms with Gasteiger partial charge in [0.25, 0.3) is 0 Å². The number of para-hydroxylation sites is 1. The van der Waals surface area contributed by atoms with Crippen molar-refractivity contribution < 1.29 is 18.6 Å². The third kappa shape index (κ3) is 1.85. The minimum atomic E-state index is -3.68. The first-order valence-electron chi connectivity index (χ1n) is 6.06. The molecule has 1 atom stereocenters.